The van der Waals surface area contributed by atoms with E-state index in [1.54, 1.807) is 18.1 Å². The summed E-state index contributed by atoms with van der Waals surface area (Å²) < 4.78 is 5.94. The number of hydrogen-bond donors (Lipinski definition) is 0. The Kier molecular flexibility index (Phi) is 6.31. The summed E-state index contributed by atoms with van der Waals surface area (Å²) in [6, 6.07) is 5.42. The van der Waals surface area contributed by atoms with E-state index in [0.29, 0.717) is 11.3 Å². The largest absolute Gasteiger partial charge is 0.497 e. The van der Waals surface area contributed by atoms with Crippen LogP contribution in [0.2, 0.25) is 0 Å². The second-order valence-electron chi connectivity index (χ2n) is 4.73. The second-order valence-corrected chi connectivity index (χ2v) is 5.58. The zero-order chi connectivity index (χ0) is 14.4. The van der Waals surface area contributed by atoms with Gasteiger partial charge in [0.2, 0.25) is 0 Å². The molecule has 0 unspecified atom stereocenters. The van der Waals surface area contributed by atoms with E-state index in [4.69, 9.17) is 4.74 Å². The maximum atomic E-state index is 12.3. The zero-order valence-electron chi connectivity index (χ0n) is 11.9. The number of carbonyl (C=O) groups excluding carboxylic acids is 1. The molecule has 0 heterocycles. The Morgan fingerprint density at radius 1 is 1.26 bits per heavy atom. The van der Waals surface area contributed by atoms with E-state index in [0.717, 1.165) is 24.0 Å². The first-order valence-corrected chi connectivity index (χ1v) is 6.98. The second kappa shape index (κ2) is 7.50. The van der Waals surface area contributed by atoms with Crippen LogP contribution in [0.5, 0.6) is 5.75 Å². The summed E-state index contributed by atoms with van der Waals surface area (Å²) in [5.41, 5.74) is 0.631. The molecule has 19 heavy (non-hydrogen) atoms. The Hall–Kier alpha value is -1.07. The third-order valence-electron chi connectivity index (χ3n) is 2.85. The van der Waals surface area contributed by atoms with E-state index < -0.39 is 0 Å². The van der Waals surface area contributed by atoms with Crippen LogP contribution in [0.3, 0.4) is 0 Å². The van der Waals surface area contributed by atoms with Crippen LogP contribution in [0.15, 0.2) is 22.7 Å². The molecule has 0 atom stereocenters. The lowest BCUT2D eigenvalue weighted by atomic mass is 10.2. The van der Waals surface area contributed by atoms with Crippen LogP contribution >= 0.6 is 15.9 Å². The third-order valence-corrected chi connectivity index (χ3v) is 3.54. The summed E-state index contributed by atoms with van der Waals surface area (Å²) in [5, 5.41) is 0. The van der Waals surface area contributed by atoms with Crippen molar-refractivity contribution in [1.82, 2.24) is 9.80 Å². The molecule has 1 aromatic carbocycles. The van der Waals surface area contributed by atoms with Gasteiger partial charge in [-0.15, -0.1) is 0 Å². The van der Waals surface area contributed by atoms with Gasteiger partial charge in [0.1, 0.15) is 5.75 Å². The fraction of sp³-hybridized carbons (Fsp3) is 0.500. The van der Waals surface area contributed by atoms with Crippen LogP contribution in [0, 0.1) is 0 Å². The van der Waals surface area contributed by atoms with Crippen LogP contribution in [-0.4, -0.2) is 57.0 Å². The van der Waals surface area contributed by atoms with Crippen molar-refractivity contribution >= 4 is 21.8 Å². The quantitative estimate of drug-likeness (QED) is 0.804. The lowest BCUT2D eigenvalue weighted by Crippen LogP contribution is -2.30. The Bertz CT molecular complexity index is 435. The molecule has 0 spiro atoms. The van der Waals surface area contributed by atoms with Gasteiger partial charge in [-0.2, -0.15) is 0 Å². The van der Waals surface area contributed by atoms with Crippen LogP contribution in [-0.2, 0) is 0 Å². The first kappa shape index (κ1) is 16.0. The number of rotatable bonds is 6. The minimum absolute atomic E-state index is 0.00420. The highest BCUT2D eigenvalue weighted by atomic mass is 79.9. The number of methoxy groups -OCH3 is 1. The van der Waals surface area contributed by atoms with E-state index in [-0.39, 0.29) is 5.91 Å². The van der Waals surface area contributed by atoms with Gasteiger partial charge in [-0.05, 0) is 61.2 Å². The predicted molar refractivity (Wildman–Crippen MR) is 80.8 cm³/mol. The SMILES string of the molecule is COc1ccc(Br)c(C(=O)N(C)CCCN(C)C)c1. The van der Waals surface area contributed by atoms with Gasteiger partial charge in [-0.1, -0.05) is 0 Å². The molecule has 0 saturated carbocycles. The summed E-state index contributed by atoms with van der Waals surface area (Å²) in [7, 11) is 7.48. The first-order valence-electron chi connectivity index (χ1n) is 6.19. The smallest absolute Gasteiger partial charge is 0.254 e. The van der Waals surface area contributed by atoms with Crippen LogP contribution in [0.1, 0.15) is 16.8 Å². The highest BCUT2D eigenvalue weighted by Gasteiger charge is 2.15. The molecule has 0 bridgehead atoms. The number of amides is 1. The van der Waals surface area contributed by atoms with E-state index in [1.165, 1.54) is 0 Å². The third kappa shape index (κ3) is 4.84. The summed E-state index contributed by atoms with van der Waals surface area (Å²) in [4.78, 5) is 16.2. The van der Waals surface area contributed by atoms with Crippen LogP contribution < -0.4 is 4.74 Å². The molecule has 5 heteroatoms. The number of halogens is 1. The molecule has 106 valence electrons. The number of hydrogen-bond acceptors (Lipinski definition) is 3. The van der Waals surface area contributed by atoms with E-state index >= 15 is 0 Å². The number of ether oxygens (including phenoxy) is 1. The van der Waals surface area contributed by atoms with Gasteiger partial charge < -0.3 is 14.5 Å². The Balaban J connectivity index is 2.70. The van der Waals surface area contributed by atoms with E-state index in [2.05, 4.69) is 20.8 Å². The Labute approximate surface area is 123 Å². The average Bonchev–Trinajstić information content (AvgIpc) is 2.38. The maximum absolute atomic E-state index is 12.3. The molecule has 0 aliphatic carbocycles. The molecule has 0 saturated heterocycles. The van der Waals surface area contributed by atoms with Crippen molar-refractivity contribution in [1.29, 1.82) is 0 Å². The standard InChI is InChI=1S/C14H21BrN2O2/c1-16(2)8-5-9-17(3)14(18)12-10-11(19-4)6-7-13(12)15/h6-7,10H,5,8-9H2,1-4H3. The average molecular weight is 329 g/mol. The molecule has 1 rings (SSSR count). The molecule has 0 radical (unpaired) electrons. The lowest BCUT2D eigenvalue weighted by molar-refractivity contribution is 0.0789. The van der Waals surface area contributed by atoms with Crippen molar-refractivity contribution in [3.05, 3.63) is 28.2 Å². The van der Waals surface area contributed by atoms with Gasteiger partial charge in [0.15, 0.2) is 0 Å². The summed E-state index contributed by atoms with van der Waals surface area (Å²) in [6.45, 7) is 1.71. The van der Waals surface area contributed by atoms with Crippen molar-refractivity contribution in [2.45, 2.75) is 6.42 Å². The molecule has 0 N–H and O–H groups in total. The monoisotopic (exact) mass is 328 g/mol. The van der Waals surface area contributed by atoms with Crippen molar-refractivity contribution in [3.8, 4) is 5.75 Å². The minimum atomic E-state index is 0.00420. The topological polar surface area (TPSA) is 32.8 Å². The highest BCUT2D eigenvalue weighted by molar-refractivity contribution is 9.10. The molecular weight excluding hydrogens is 308 g/mol. The molecular formula is C14H21BrN2O2. The molecule has 0 aliphatic rings. The maximum Gasteiger partial charge on any atom is 0.254 e. The van der Waals surface area contributed by atoms with Crippen molar-refractivity contribution < 1.29 is 9.53 Å². The fourth-order valence-corrected chi connectivity index (χ4v) is 2.14. The van der Waals surface area contributed by atoms with E-state index in [9.17, 15) is 4.79 Å². The number of nitrogens with zero attached hydrogens (tertiary/aromatic N) is 2. The summed E-state index contributed by atoms with van der Waals surface area (Å²) >= 11 is 3.41. The van der Waals surface area contributed by atoms with Crippen LogP contribution in [0.25, 0.3) is 0 Å². The molecule has 1 aromatic rings. The summed E-state index contributed by atoms with van der Waals surface area (Å²) in [6.07, 6.45) is 0.955. The highest BCUT2D eigenvalue weighted by Crippen LogP contribution is 2.23. The van der Waals surface area contributed by atoms with Crippen molar-refractivity contribution in [2.24, 2.45) is 0 Å². The van der Waals surface area contributed by atoms with Crippen molar-refractivity contribution in [3.63, 3.8) is 0 Å². The predicted octanol–water partition coefficient (Wildman–Crippen LogP) is 2.48. The summed E-state index contributed by atoms with van der Waals surface area (Å²) in [5.74, 6) is 0.692. The van der Waals surface area contributed by atoms with Gasteiger partial charge in [-0.25, -0.2) is 0 Å². The zero-order valence-corrected chi connectivity index (χ0v) is 13.5. The first-order chi connectivity index (χ1) is 8.95. The van der Waals surface area contributed by atoms with Crippen molar-refractivity contribution in [2.75, 3.05) is 41.3 Å². The van der Waals surface area contributed by atoms with E-state index in [1.807, 2.05) is 33.3 Å². The number of benzene rings is 1. The normalized spacial score (nSPS) is 10.6. The molecule has 1 amide bonds. The number of carbonyl (C=O) groups is 1. The van der Waals surface area contributed by atoms with Crippen LogP contribution in [0.4, 0.5) is 0 Å². The van der Waals surface area contributed by atoms with Gasteiger partial charge in [0.05, 0.1) is 12.7 Å². The van der Waals surface area contributed by atoms with Gasteiger partial charge >= 0.3 is 0 Å². The Morgan fingerprint density at radius 3 is 2.53 bits per heavy atom. The molecule has 0 aliphatic heterocycles. The minimum Gasteiger partial charge on any atom is -0.497 e. The fourth-order valence-electron chi connectivity index (χ4n) is 1.73. The molecule has 4 nitrogen and oxygen atoms in total. The van der Waals surface area contributed by atoms with Gasteiger partial charge in [0, 0.05) is 18.1 Å². The van der Waals surface area contributed by atoms with Gasteiger partial charge in [-0.3, -0.25) is 4.79 Å². The van der Waals surface area contributed by atoms with Gasteiger partial charge in [0.25, 0.3) is 5.91 Å². The lowest BCUT2D eigenvalue weighted by Gasteiger charge is -2.19. The Morgan fingerprint density at radius 2 is 1.95 bits per heavy atom. The molecule has 0 aromatic heterocycles. The molecule has 0 fully saturated rings.